The molecule has 25 heavy (non-hydrogen) atoms. The quantitative estimate of drug-likeness (QED) is 0.911. The van der Waals surface area contributed by atoms with E-state index in [1.165, 1.54) is 32.1 Å². The minimum Gasteiger partial charge on any atom is -0.381 e. The first-order valence-electron chi connectivity index (χ1n) is 9.89. The molecule has 6 heteroatoms. The molecule has 2 saturated heterocycles. The van der Waals surface area contributed by atoms with Gasteiger partial charge in [0.15, 0.2) is 0 Å². The largest absolute Gasteiger partial charge is 0.381 e. The number of rotatable bonds is 4. The summed E-state index contributed by atoms with van der Waals surface area (Å²) < 4.78 is 7.49. The van der Waals surface area contributed by atoms with Gasteiger partial charge in [-0.15, -0.1) is 0 Å². The third kappa shape index (κ3) is 3.60. The molecule has 0 aromatic carbocycles. The van der Waals surface area contributed by atoms with Gasteiger partial charge in [-0.1, -0.05) is 19.3 Å². The van der Waals surface area contributed by atoms with E-state index in [2.05, 4.69) is 20.0 Å². The second-order valence-corrected chi connectivity index (χ2v) is 7.86. The molecule has 3 heterocycles. The van der Waals surface area contributed by atoms with Crippen molar-refractivity contribution in [2.24, 2.45) is 5.92 Å². The van der Waals surface area contributed by atoms with Crippen molar-refractivity contribution in [3.05, 3.63) is 11.9 Å². The summed E-state index contributed by atoms with van der Waals surface area (Å²) >= 11 is 0. The van der Waals surface area contributed by atoms with Gasteiger partial charge < -0.3 is 10.1 Å². The first-order chi connectivity index (χ1) is 12.2. The average molecular weight is 346 g/mol. The first-order valence-corrected chi connectivity index (χ1v) is 9.89. The predicted molar refractivity (Wildman–Crippen MR) is 96.6 cm³/mol. The van der Waals surface area contributed by atoms with Crippen LogP contribution < -0.4 is 5.32 Å². The van der Waals surface area contributed by atoms with E-state index in [9.17, 15) is 4.79 Å². The highest BCUT2D eigenvalue weighted by Gasteiger charge is 2.37. The molecule has 1 aromatic rings. The minimum atomic E-state index is 0.132. The molecule has 0 unspecified atom stereocenters. The number of hydrogen-bond acceptors (Lipinski definition) is 4. The van der Waals surface area contributed by atoms with Crippen LogP contribution >= 0.6 is 0 Å². The summed E-state index contributed by atoms with van der Waals surface area (Å²) in [6, 6.07) is 1.11. The molecular weight excluding hydrogens is 316 g/mol. The van der Waals surface area contributed by atoms with Crippen molar-refractivity contribution in [1.82, 2.24) is 14.7 Å². The molecule has 0 atom stereocenters. The third-order valence-electron chi connectivity index (χ3n) is 6.21. The Morgan fingerprint density at radius 3 is 2.56 bits per heavy atom. The van der Waals surface area contributed by atoms with Crippen molar-refractivity contribution in [2.45, 2.75) is 64.0 Å². The topological polar surface area (TPSA) is 59.4 Å². The fraction of sp³-hybridized carbons (Fsp3) is 0.789. The summed E-state index contributed by atoms with van der Waals surface area (Å²) in [6.07, 6.45) is 10.5. The van der Waals surface area contributed by atoms with Gasteiger partial charge in [-0.3, -0.25) is 14.4 Å². The Morgan fingerprint density at radius 2 is 1.84 bits per heavy atom. The second-order valence-electron chi connectivity index (χ2n) is 7.86. The maximum atomic E-state index is 12.6. The molecule has 0 spiro atoms. The van der Waals surface area contributed by atoms with Crippen molar-refractivity contribution in [3.8, 4) is 0 Å². The molecule has 6 nitrogen and oxygen atoms in total. The highest BCUT2D eigenvalue weighted by molar-refractivity contribution is 5.93. The highest BCUT2D eigenvalue weighted by Crippen LogP contribution is 2.30. The maximum absolute atomic E-state index is 12.6. The van der Waals surface area contributed by atoms with E-state index in [0.29, 0.717) is 6.04 Å². The Balaban J connectivity index is 1.30. The number of nitrogens with zero attached hydrogens (tertiary/aromatic N) is 3. The first kappa shape index (κ1) is 17.0. The standard InChI is InChI=1S/C19H30N4O2/c1-14-18(11-20-23(14)17-7-9-25-10-8-17)21-19(24)15-12-22(13-15)16-5-3-2-4-6-16/h11,15-17H,2-10,12-13H2,1H3,(H,21,24). The van der Waals surface area contributed by atoms with Gasteiger partial charge in [0.05, 0.1) is 29.5 Å². The Morgan fingerprint density at radius 1 is 1.12 bits per heavy atom. The van der Waals surface area contributed by atoms with E-state index in [-0.39, 0.29) is 11.8 Å². The van der Waals surface area contributed by atoms with E-state index < -0.39 is 0 Å². The van der Waals surface area contributed by atoms with Gasteiger partial charge in [-0.25, -0.2) is 0 Å². The van der Waals surface area contributed by atoms with E-state index in [1.807, 2.05) is 6.92 Å². The number of carbonyl (C=O) groups excluding carboxylic acids is 1. The summed E-state index contributed by atoms with van der Waals surface area (Å²) in [5.41, 5.74) is 1.93. The summed E-state index contributed by atoms with van der Waals surface area (Å²) in [4.78, 5) is 15.1. The van der Waals surface area contributed by atoms with E-state index >= 15 is 0 Å². The molecule has 1 saturated carbocycles. The molecule has 1 aliphatic carbocycles. The fourth-order valence-electron chi connectivity index (χ4n) is 4.50. The third-order valence-corrected chi connectivity index (χ3v) is 6.21. The lowest BCUT2D eigenvalue weighted by atomic mass is 9.88. The zero-order valence-electron chi connectivity index (χ0n) is 15.2. The number of hydrogen-bond donors (Lipinski definition) is 1. The normalized spacial score (nSPS) is 24.2. The van der Waals surface area contributed by atoms with Crippen LogP contribution in [0.5, 0.6) is 0 Å². The van der Waals surface area contributed by atoms with E-state index in [1.54, 1.807) is 6.20 Å². The van der Waals surface area contributed by atoms with Crippen LogP contribution in [0.15, 0.2) is 6.20 Å². The van der Waals surface area contributed by atoms with Crippen molar-refractivity contribution >= 4 is 11.6 Å². The van der Waals surface area contributed by atoms with Crippen molar-refractivity contribution in [1.29, 1.82) is 0 Å². The van der Waals surface area contributed by atoms with Crippen LogP contribution in [0.3, 0.4) is 0 Å². The van der Waals surface area contributed by atoms with Crippen molar-refractivity contribution < 1.29 is 9.53 Å². The molecule has 2 aliphatic heterocycles. The molecule has 0 radical (unpaired) electrons. The van der Waals surface area contributed by atoms with Crippen molar-refractivity contribution in [2.75, 3.05) is 31.6 Å². The molecule has 138 valence electrons. The maximum Gasteiger partial charge on any atom is 0.230 e. The van der Waals surface area contributed by atoms with Gasteiger partial charge in [0.25, 0.3) is 0 Å². The van der Waals surface area contributed by atoms with Crippen LogP contribution in [0.25, 0.3) is 0 Å². The van der Waals surface area contributed by atoms with Gasteiger partial charge in [0.2, 0.25) is 5.91 Å². The predicted octanol–water partition coefficient (Wildman–Crippen LogP) is 2.75. The van der Waals surface area contributed by atoms with E-state index in [4.69, 9.17) is 4.74 Å². The highest BCUT2D eigenvalue weighted by atomic mass is 16.5. The van der Waals surface area contributed by atoms with Crippen LogP contribution in [0.2, 0.25) is 0 Å². The molecule has 3 fully saturated rings. The number of carbonyl (C=O) groups is 1. The van der Waals surface area contributed by atoms with Crippen LogP contribution in [-0.4, -0.2) is 52.9 Å². The number of ether oxygens (including phenoxy) is 1. The number of amides is 1. The summed E-state index contributed by atoms with van der Waals surface area (Å²) in [5.74, 6) is 0.287. The molecule has 3 aliphatic rings. The summed E-state index contributed by atoms with van der Waals surface area (Å²) in [5, 5.41) is 7.63. The Bertz CT molecular complexity index is 597. The smallest absolute Gasteiger partial charge is 0.230 e. The zero-order chi connectivity index (χ0) is 17.2. The lowest BCUT2D eigenvalue weighted by Crippen LogP contribution is -2.56. The van der Waals surface area contributed by atoms with Crippen LogP contribution in [-0.2, 0) is 9.53 Å². The van der Waals surface area contributed by atoms with Gasteiger partial charge >= 0.3 is 0 Å². The molecule has 1 amide bonds. The van der Waals surface area contributed by atoms with Gasteiger partial charge in [0.1, 0.15) is 0 Å². The minimum absolute atomic E-state index is 0.132. The Labute approximate surface area is 149 Å². The number of nitrogens with one attached hydrogen (secondary N) is 1. The van der Waals surface area contributed by atoms with E-state index in [0.717, 1.165) is 56.6 Å². The van der Waals surface area contributed by atoms with Gasteiger partial charge in [-0.05, 0) is 32.6 Å². The number of likely N-dealkylation sites (tertiary alicyclic amines) is 1. The average Bonchev–Trinajstić information content (AvgIpc) is 2.96. The summed E-state index contributed by atoms with van der Waals surface area (Å²) in [6.45, 7) is 5.48. The van der Waals surface area contributed by atoms with Gasteiger partial charge in [0, 0.05) is 32.3 Å². The van der Waals surface area contributed by atoms with Crippen LogP contribution in [0.1, 0.15) is 56.7 Å². The zero-order valence-corrected chi connectivity index (χ0v) is 15.2. The van der Waals surface area contributed by atoms with Gasteiger partial charge in [-0.2, -0.15) is 5.10 Å². The lowest BCUT2D eigenvalue weighted by molar-refractivity contribution is -0.126. The monoisotopic (exact) mass is 346 g/mol. The lowest BCUT2D eigenvalue weighted by Gasteiger charge is -2.44. The summed E-state index contributed by atoms with van der Waals surface area (Å²) in [7, 11) is 0. The van der Waals surface area contributed by atoms with Crippen LogP contribution in [0.4, 0.5) is 5.69 Å². The van der Waals surface area contributed by atoms with Crippen molar-refractivity contribution in [3.63, 3.8) is 0 Å². The SMILES string of the molecule is Cc1c(NC(=O)C2CN(C3CCCCC3)C2)cnn1C1CCOCC1. The molecule has 1 aromatic heterocycles. The van der Waals surface area contributed by atoms with Crippen LogP contribution in [0, 0.1) is 12.8 Å². The second kappa shape index (κ2) is 7.46. The Hall–Kier alpha value is -1.40. The fourth-order valence-corrected chi connectivity index (χ4v) is 4.50. The molecule has 4 rings (SSSR count). The molecular formula is C19H30N4O2. The molecule has 0 bridgehead atoms. The Kier molecular flexibility index (Phi) is 5.08. The number of anilines is 1. The molecule has 1 N–H and O–H groups in total. The number of aromatic nitrogens is 2.